The molecule has 0 atom stereocenters. The van der Waals surface area contributed by atoms with Gasteiger partial charge in [0.1, 0.15) is 13.7 Å². The van der Waals surface area contributed by atoms with E-state index in [0.29, 0.717) is 11.0 Å². The quantitative estimate of drug-likeness (QED) is 0.484. The molecule has 2 radical (unpaired) electrons. The molecule has 0 aliphatic heterocycles. The lowest BCUT2D eigenvalue weighted by Crippen LogP contribution is -2.24. The van der Waals surface area contributed by atoms with Crippen molar-refractivity contribution >= 4 is 41.6 Å². The van der Waals surface area contributed by atoms with Crippen molar-refractivity contribution in [3.05, 3.63) is 72.3 Å². The van der Waals surface area contributed by atoms with Crippen molar-refractivity contribution in [2.75, 3.05) is 23.3 Å². The van der Waals surface area contributed by atoms with Gasteiger partial charge in [-0.15, -0.1) is 0 Å². The average Bonchev–Trinajstić information content (AvgIpc) is 3.19. The number of rotatable bonds is 6. The average molecular weight is 394 g/mol. The fourth-order valence-corrected chi connectivity index (χ4v) is 3.53. The summed E-state index contributed by atoms with van der Waals surface area (Å²) in [6.07, 6.45) is 0. The first-order chi connectivity index (χ1) is 14.6. The number of aromatic nitrogens is 2. The smallest absolute Gasteiger partial charge is 0.255 e. The maximum Gasteiger partial charge on any atom is 0.255 e. The number of nitrogens with zero attached hydrogens (tertiary/aromatic N) is 2. The molecule has 1 heterocycles. The Labute approximate surface area is 177 Å². The van der Waals surface area contributed by atoms with E-state index < -0.39 is 0 Å². The van der Waals surface area contributed by atoms with Crippen molar-refractivity contribution in [1.82, 2.24) is 9.97 Å². The number of benzene rings is 3. The summed E-state index contributed by atoms with van der Waals surface area (Å²) < 4.78 is 0. The minimum absolute atomic E-state index is 0.175. The van der Waals surface area contributed by atoms with Crippen molar-refractivity contribution in [3.8, 4) is 11.4 Å². The second-order valence-electron chi connectivity index (χ2n) is 7.09. The molecule has 4 aromatic rings. The Morgan fingerprint density at radius 3 is 2.40 bits per heavy atom. The molecule has 1 aromatic heterocycles. The molecule has 0 aliphatic carbocycles. The number of hydrogen-bond donors (Lipinski definition) is 2. The highest BCUT2D eigenvalue weighted by Crippen LogP contribution is 2.32. The zero-order chi connectivity index (χ0) is 21.1. The van der Waals surface area contributed by atoms with Crippen LogP contribution in [-0.4, -0.2) is 36.8 Å². The van der Waals surface area contributed by atoms with Gasteiger partial charge in [0.15, 0.2) is 0 Å². The summed E-state index contributed by atoms with van der Waals surface area (Å²) in [7, 11) is 5.74. The first kappa shape index (κ1) is 19.8. The minimum atomic E-state index is -0.175. The molecule has 0 aliphatic rings. The zero-order valence-electron chi connectivity index (χ0n) is 17.1. The number of amides is 1. The molecule has 0 spiro atoms. The molecule has 5 nitrogen and oxygen atoms in total. The third-order valence-corrected chi connectivity index (χ3v) is 5.17. The first-order valence-electron chi connectivity index (χ1n) is 10.1. The highest BCUT2D eigenvalue weighted by atomic mass is 16.1. The Balaban J connectivity index is 1.76. The van der Waals surface area contributed by atoms with E-state index in [9.17, 15) is 4.79 Å². The molecule has 6 heteroatoms. The number of carbonyl (C=O) groups excluding carboxylic acids is 1. The fourth-order valence-electron chi connectivity index (χ4n) is 3.53. The SMILES string of the molecule is [B]c1ccc(C(=O)Nc2cc3[nH]c(-c4ccccc4)nc3cc2N(CC)CC)cc1. The lowest BCUT2D eigenvalue weighted by atomic mass is 9.95. The maximum absolute atomic E-state index is 12.8. The van der Waals surface area contributed by atoms with E-state index in [1.165, 1.54) is 0 Å². The second-order valence-corrected chi connectivity index (χ2v) is 7.09. The summed E-state index contributed by atoms with van der Waals surface area (Å²) in [4.78, 5) is 23.2. The number of carbonyl (C=O) groups is 1. The van der Waals surface area contributed by atoms with Gasteiger partial charge in [0, 0.05) is 24.2 Å². The minimum Gasteiger partial charge on any atom is -0.370 e. The lowest BCUT2D eigenvalue weighted by molar-refractivity contribution is 0.102. The standard InChI is InChI=1S/C24H23BN4O/c1-3-29(4-2)22-15-20-19(26-23(27-20)16-8-6-5-7-9-16)14-21(22)28-24(30)17-10-12-18(25)13-11-17/h5-15H,3-4H2,1-2H3,(H,26,27)(H,28,30). The topological polar surface area (TPSA) is 61.0 Å². The van der Waals surface area contributed by atoms with Crippen molar-refractivity contribution in [2.24, 2.45) is 0 Å². The van der Waals surface area contributed by atoms with Gasteiger partial charge in [0.2, 0.25) is 0 Å². The summed E-state index contributed by atoms with van der Waals surface area (Å²) >= 11 is 0. The van der Waals surface area contributed by atoms with Gasteiger partial charge in [-0.2, -0.15) is 0 Å². The maximum atomic E-state index is 12.8. The van der Waals surface area contributed by atoms with E-state index in [0.717, 1.165) is 46.9 Å². The number of imidazole rings is 1. The molecule has 0 saturated carbocycles. The zero-order valence-corrected chi connectivity index (χ0v) is 17.1. The van der Waals surface area contributed by atoms with Crippen LogP contribution in [0.3, 0.4) is 0 Å². The molecule has 1 amide bonds. The normalized spacial score (nSPS) is 10.9. The van der Waals surface area contributed by atoms with E-state index in [-0.39, 0.29) is 5.91 Å². The van der Waals surface area contributed by atoms with Gasteiger partial charge >= 0.3 is 0 Å². The molecule has 0 fully saturated rings. The van der Waals surface area contributed by atoms with E-state index >= 15 is 0 Å². The molecular formula is C24H23BN4O. The van der Waals surface area contributed by atoms with Crippen molar-refractivity contribution in [2.45, 2.75) is 13.8 Å². The number of fused-ring (bicyclic) bond motifs is 1. The van der Waals surface area contributed by atoms with Gasteiger partial charge in [-0.1, -0.05) is 60.1 Å². The van der Waals surface area contributed by atoms with Crippen LogP contribution in [0.1, 0.15) is 24.2 Å². The lowest BCUT2D eigenvalue weighted by Gasteiger charge is -2.24. The highest BCUT2D eigenvalue weighted by Gasteiger charge is 2.16. The van der Waals surface area contributed by atoms with Gasteiger partial charge in [0.05, 0.1) is 22.4 Å². The number of nitrogens with one attached hydrogen (secondary N) is 2. The Morgan fingerprint density at radius 1 is 1.03 bits per heavy atom. The number of aromatic amines is 1. The third-order valence-electron chi connectivity index (χ3n) is 5.17. The van der Waals surface area contributed by atoms with Crippen molar-refractivity contribution in [3.63, 3.8) is 0 Å². The number of hydrogen-bond acceptors (Lipinski definition) is 3. The van der Waals surface area contributed by atoms with Crippen LogP contribution in [0.5, 0.6) is 0 Å². The van der Waals surface area contributed by atoms with E-state index in [1.807, 2.05) is 42.5 Å². The number of H-pyrrole nitrogens is 1. The molecule has 4 rings (SSSR count). The van der Waals surface area contributed by atoms with Crippen LogP contribution in [0.15, 0.2) is 66.7 Å². The van der Waals surface area contributed by atoms with Gasteiger partial charge in [-0.3, -0.25) is 4.79 Å². The van der Waals surface area contributed by atoms with Crippen LogP contribution < -0.4 is 15.7 Å². The monoisotopic (exact) mass is 394 g/mol. The fraction of sp³-hybridized carbons (Fsp3) is 0.167. The Kier molecular flexibility index (Phi) is 5.57. The van der Waals surface area contributed by atoms with Crippen LogP contribution in [0.2, 0.25) is 0 Å². The van der Waals surface area contributed by atoms with Gasteiger partial charge in [-0.25, -0.2) is 4.98 Å². The molecular weight excluding hydrogens is 371 g/mol. The largest absolute Gasteiger partial charge is 0.370 e. The van der Waals surface area contributed by atoms with Gasteiger partial charge in [0.25, 0.3) is 5.91 Å². The summed E-state index contributed by atoms with van der Waals surface area (Å²) in [6, 6.07) is 20.9. The predicted molar refractivity (Wildman–Crippen MR) is 125 cm³/mol. The van der Waals surface area contributed by atoms with Crippen LogP contribution in [-0.2, 0) is 0 Å². The van der Waals surface area contributed by atoms with Crippen LogP contribution in [0.4, 0.5) is 11.4 Å². The van der Waals surface area contributed by atoms with Gasteiger partial charge < -0.3 is 15.2 Å². The molecule has 0 bridgehead atoms. The summed E-state index contributed by atoms with van der Waals surface area (Å²) in [6.45, 7) is 5.84. The molecule has 148 valence electrons. The third kappa shape index (κ3) is 3.94. The van der Waals surface area contributed by atoms with E-state index in [2.05, 4.69) is 29.0 Å². The molecule has 3 aromatic carbocycles. The van der Waals surface area contributed by atoms with Crippen LogP contribution in [0.25, 0.3) is 22.4 Å². The highest BCUT2D eigenvalue weighted by molar-refractivity contribution is 6.32. The number of anilines is 2. The Bertz CT molecular complexity index is 1170. The summed E-state index contributed by atoms with van der Waals surface area (Å²) in [5, 5.41) is 3.07. The predicted octanol–water partition coefficient (Wildman–Crippen LogP) is 4.12. The Hall–Kier alpha value is -3.54. The van der Waals surface area contributed by atoms with Crippen LogP contribution in [0, 0.1) is 0 Å². The summed E-state index contributed by atoms with van der Waals surface area (Å²) in [5.74, 6) is 0.628. The van der Waals surface area contributed by atoms with Gasteiger partial charge in [-0.05, 0) is 26.0 Å². The first-order valence-corrected chi connectivity index (χ1v) is 10.1. The van der Waals surface area contributed by atoms with Crippen LogP contribution >= 0.6 is 0 Å². The second kappa shape index (κ2) is 8.45. The Morgan fingerprint density at radius 2 is 1.73 bits per heavy atom. The van der Waals surface area contributed by atoms with Crippen molar-refractivity contribution < 1.29 is 4.79 Å². The molecule has 2 N–H and O–H groups in total. The molecule has 0 saturated heterocycles. The van der Waals surface area contributed by atoms with E-state index in [4.69, 9.17) is 12.8 Å². The summed E-state index contributed by atoms with van der Waals surface area (Å²) in [5.41, 5.74) is 5.63. The van der Waals surface area contributed by atoms with E-state index in [1.54, 1.807) is 24.3 Å². The van der Waals surface area contributed by atoms with Crippen molar-refractivity contribution in [1.29, 1.82) is 0 Å². The molecule has 30 heavy (non-hydrogen) atoms. The molecule has 0 unspecified atom stereocenters.